The molecule has 2 heterocycles. The van der Waals surface area contributed by atoms with Gasteiger partial charge in [-0.25, -0.2) is 4.68 Å². The van der Waals surface area contributed by atoms with Crippen molar-refractivity contribution in [3.05, 3.63) is 47.1 Å². The van der Waals surface area contributed by atoms with E-state index in [1.807, 2.05) is 0 Å². The van der Waals surface area contributed by atoms with Crippen molar-refractivity contribution in [1.82, 2.24) is 14.8 Å². The van der Waals surface area contributed by atoms with Gasteiger partial charge in [-0.05, 0) is 12.1 Å². The molecule has 0 aliphatic rings. The van der Waals surface area contributed by atoms with E-state index in [0.717, 1.165) is 5.69 Å². The normalized spacial score (nSPS) is 10.0. The Balaban J connectivity index is 2.59. The van der Waals surface area contributed by atoms with Gasteiger partial charge in [-0.3, -0.25) is 14.9 Å². The fourth-order valence-corrected chi connectivity index (χ4v) is 1.02. The molecule has 0 aliphatic carbocycles. The first kappa shape index (κ1) is 6.84. The standard InChI is InChI=1S/C8H7N3O/c12-8-3-6-10-11(8)7-1-4-9-5-2-7/h1-6,10H. The minimum Gasteiger partial charge on any atom is -0.298 e. The summed E-state index contributed by atoms with van der Waals surface area (Å²) in [6, 6.07) is 5.00. The van der Waals surface area contributed by atoms with Gasteiger partial charge >= 0.3 is 0 Å². The molecule has 0 aliphatic heterocycles. The van der Waals surface area contributed by atoms with Crippen LogP contribution in [0.2, 0.25) is 0 Å². The summed E-state index contributed by atoms with van der Waals surface area (Å²) < 4.78 is 1.45. The molecule has 0 atom stereocenters. The van der Waals surface area contributed by atoms with Crippen LogP contribution in [-0.4, -0.2) is 14.8 Å². The van der Waals surface area contributed by atoms with Crippen LogP contribution in [0.5, 0.6) is 0 Å². The maximum atomic E-state index is 11.1. The molecule has 0 aromatic carbocycles. The van der Waals surface area contributed by atoms with Crippen molar-refractivity contribution >= 4 is 0 Å². The topological polar surface area (TPSA) is 50.7 Å². The van der Waals surface area contributed by atoms with Crippen LogP contribution in [0.4, 0.5) is 0 Å². The summed E-state index contributed by atoms with van der Waals surface area (Å²) in [4.78, 5) is 15.0. The minimum absolute atomic E-state index is 0.0683. The summed E-state index contributed by atoms with van der Waals surface area (Å²) in [7, 11) is 0. The highest BCUT2D eigenvalue weighted by molar-refractivity contribution is 5.26. The molecule has 0 radical (unpaired) electrons. The van der Waals surface area contributed by atoms with Crippen LogP contribution < -0.4 is 5.56 Å². The highest BCUT2D eigenvalue weighted by Gasteiger charge is 1.96. The number of hydrogen-bond acceptors (Lipinski definition) is 2. The summed E-state index contributed by atoms with van der Waals surface area (Å²) in [5.41, 5.74) is 0.723. The van der Waals surface area contributed by atoms with Gasteiger partial charge in [0, 0.05) is 24.7 Å². The van der Waals surface area contributed by atoms with E-state index in [9.17, 15) is 4.79 Å². The van der Waals surface area contributed by atoms with E-state index in [1.54, 1.807) is 30.7 Å². The molecule has 2 rings (SSSR count). The van der Waals surface area contributed by atoms with E-state index in [1.165, 1.54) is 10.7 Å². The van der Waals surface area contributed by atoms with Gasteiger partial charge in [0.25, 0.3) is 5.56 Å². The lowest BCUT2D eigenvalue weighted by molar-refractivity contribution is 0.847. The molecule has 4 heteroatoms. The summed E-state index contributed by atoms with van der Waals surface area (Å²) in [6.45, 7) is 0. The van der Waals surface area contributed by atoms with E-state index in [0.29, 0.717) is 0 Å². The summed E-state index contributed by atoms with van der Waals surface area (Å²) in [5.74, 6) is 0. The lowest BCUT2D eigenvalue weighted by Crippen LogP contribution is -2.13. The van der Waals surface area contributed by atoms with Gasteiger partial charge in [0.15, 0.2) is 0 Å². The smallest absolute Gasteiger partial charge is 0.271 e. The molecule has 0 saturated heterocycles. The Hall–Kier alpha value is -1.84. The molecular weight excluding hydrogens is 154 g/mol. The van der Waals surface area contributed by atoms with Gasteiger partial charge in [0.1, 0.15) is 0 Å². The van der Waals surface area contributed by atoms with Crippen LogP contribution in [0.25, 0.3) is 5.69 Å². The zero-order chi connectivity index (χ0) is 8.39. The SMILES string of the molecule is O=c1cc[nH]n1-c1ccncc1. The first-order chi connectivity index (χ1) is 5.88. The zero-order valence-electron chi connectivity index (χ0n) is 6.27. The van der Waals surface area contributed by atoms with Crippen LogP contribution in [0.3, 0.4) is 0 Å². The van der Waals surface area contributed by atoms with Crippen LogP contribution in [0.15, 0.2) is 41.6 Å². The van der Waals surface area contributed by atoms with Gasteiger partial charge in [-0.15, -0.1) is 0 Å². The molecule has 0 spiro atoms. The van der Waals surface area contributed by atoms with Crippen LogP contribution in [0, 0.1) is 0 Å². The highest BCUT2D eigenvalue weighted by Crippen LogP contribution is 1.98. The second kappa shape index (κ2) is 2.65. The molecule has 0 amide bonds. The monoisotopic (exact) mass is 161 g/mol. The number of nitrogens with zero attached hydrogens (tertiary/aromatic N) is 2. The number of rotatable bonds is 1. The first-order valence-electron chi connectivity index (χ1n) is 3.55. The number of aromatic nitrogens is 3. The first-order valence-corrected chi connectivity index (χ1v) is 3.55. The minimum atomic E-state index is -0.0683. The second-order valence-electron chi connectivity index (χ2n) is 2.34. The average molecular weight is 161 g/mol. The maximum Gasteiger partial charge on any atom is 0.271 e. The van der Waals surface area contributed by atoms with Crippen molar-refractivity contribution in [2.75, 3.05) is 0 Å². The maximum absolute atomic E-state index is 11.1. The van der Waals surface area contributed by atoms with Crippen molar-refractivity contribution in [3.8, 4) is 5.69 Å². The fourth-order valence-electron chi connectivity index (χ4n) is 1.02. The Bertz CT molecular complexity index is 415. The number of aromatic amines is 1. The molecule has 12 heavy (non-hydrogen) atoms. The van der Waals surface area contributed by atoms with Crippen molar-refractivity contribution in [2.24, 2.45) is 0 Å². The van der Waals surface area contributed by atoms with Crippen LogP contribution >= 0.6 is 0 Å². The quantitative estimate of drug-likeness (QED) is 0.664. The molecular formula is C8H7N3O. The number of pyridine rings is 1. The predicted octanol–water partition coefficient (Wildman–Crippen LogP) is 0.561. The Morgan fingerprint density at radius 1 is 1.25 bits per heavy atom. The van der Waals surface area contributed by atoms with Gasteiger partial charge in [0.05, 0.1) is 5.69 Å². The molecule has 4 nitrogen and oxygen atoms in total. The van der Waals surface area contributed by atoms with Crippen LogP contribution in [0.1, 0.15) is 0 Å². The van der Waals surface area contributed by atoms with Crippen molar-refractivity contribution in [3.63, 3.8) is 0 Å². The summed E-state index contributed by atoms with van der Waals surface area (Å²) >= 11 is 0. The van der Waals surface area contributed by atoms with E-state index < -0.39 is 0 Å². The van der Waals surface area contributed by atoms with E-state index >= 15 is 0 Å². The van der Waals surface area contributed by atoms with Gasteiger partial charge in [0.2, 0.25) is 0 Å². The third-order valence-corrected chi connectivity index (χ3v) is 1.57. The Morgan fingerprint density at radius 2 is 2.00 bits per heavy atom. The van der Waals surface area contributed by atoms with Crippen molar-refractivity contribution in [2.45, 2.75) is 0 Å². The lowest BCUT2D eigenvalue weighted by Gasteiger charge is -1.98. The molecule has 2 aromatic rings. The lowest BCUT2D eigenvalue weighted by atomic mass is 10.4. The van der Waals surface area contributed by atoms with Gasteiger partial charge in [-0.2, -0.15) is 0 Å². The van der Waals surface area contributed by atoms with Crippen molar-refractivity contribution < 1.29 is 0 Å². The fraction of sp³-hybridized carbons (Fsp3) is 0. The molecule has 1 N–H and O–H groups in total. The third kappa shape index (κ3) is 1.03. The Morgan fingerprint density at radius 3 is 2.58 bits per heavy atom. The highest BCUT2D eigenvalue weighted by atomic mass is 16.1. The Kier molecular flexibility index (Phi) is 1.51. The van der Waals surface area contributed by atoms with Crippen molar-refractivity contribution in [1.29, 1.82) is 0 Å². The third-order valence-electron chi connectivity index (χ3n) is 1.57. The number of H-pyrrole nitrogens is 1. The summed E-state index contributed by atoms with van der Waals surface area (Å²) in [5, 5.41) is 2.80. The second-order valence-corrected chi connectivity index (χ2v) is 2.34. The van der Waals surface area contributed by atoms with Gasteiger partial charge < -0.3 is 0 Å². The van der Waals surface area contributed by atoms with E-state index in [2.05, 4.69) is 10.1 Å². The average Bonchev–Trinajstić information content (AvgIpc) is 2.53. The largest absolute Gasteiger partial charge is 0.298 e. The van der Waals surface area contributed by atoms with E-state index in [4.69, 9.17) is 0 Å². The molecule has 0 bridgehead atoms. The molecule has 60 valence electrons. The molecule has 0 unspecified atom stereocenters. The van der Waals surface area contributed by atoms with Gasteiger partial charge in [-0.1, -0.05) is 0 Å². The summed E-state index contributed by atoms with van der Waals surface area (Å²) in [6.07, 6.45) is 4.88. The predicted molar refractivity (Wildman–Crippen MR) is 44.2 cm³/mol. The number of hydrogen-bond donors (Lipinski definition) is 1. The molecule has 0 fully saturated rings. The van der Waals surface area contributed by atoms with Crippen LogP contribution in [-0.2, 0) is 0 Å². The molecule has 0 saturated carbocycles. The number of nitrogens with one attached hydrogen (secondary N) is 1. The Labute approximate surface area is 68.5 Å². The molecule has 2 aromatic heterocycles. The zero-order valence-corrected chi connectivity index (χ0v) is 6.27. The van der Waals surface area contributed by atoms with E-state index in [-0.39, 0.29) is 5.56 Å².